The van der Waals surface area contributed by atoms with E-state index in [1.807, 2.05) is 19.1 Å². The van der Waals surface area contributed by atoms with Gasteiger partial charge in [0, 0.05) is 5.02 Å². The fourth-order valence-electron chi connectivity index (χ4n) is 3.41. The van der Waals surface area contributed by atoms with Crippen LogP contribution in [0.5, 0.6) is 11.5 Å². The Balaban J connectivity index is 1.50. The largest absolute Gasteiger partial charge is 0.494 e. The van der Waals surface area contributed by atoms with Gasteiger partial charge in [0.2, 0.25) is 0 Å². The molecule has 0 saturated carbocycles. The van der Waals surface area contributed by atoms with Gasteiger partial charge in [0.05, 0.1) is 12.3 Å². The number of amides is 4. The quantitative estimate of drug-likeness (QED) is 0.339. The van der Waals surface area contributed by atoms with E-state index < -0.39 is 17.8 Å². The first-order chi connectivity index (χ1) is 16.9. The van der Waals surface area contributed by atoms with Crippen molar-refractivity contribution in [2.45, 2.75) is 20.0 Å². The Kier molecular flexibility index (Phi) is 7.48. The standard InChI is InChI=1S/C27H23ClN2O5/c1-2-14-34-23-5-3-4-19(15-23)16-24-25(31)29-27(33)30(26(24)32)21-10-12-22(13-11-21)35-17-18-6-8-20(28)9-7-18/h3-13,15-16H,2,14,17H2,1H3,(H,29,31,33)/b24-16-. The van der Waals surface area contributed by atoms with Crippen LogP contribution < -0.4 is 19.7 Å². The molecule has 1 saturated heterocycles. The number of benzene rings is 3. The minimum absolute atomic E-state index is 0.152. The number of ether oxygens (including phenoxy) is 2. The van der Waals surface area contributed by atoms with Gasteiger partial charge in [-0.05, 0) is 72.2 Å². The first-order valence-corrected chi connectivity index (χ1v) is 11.4. The van der Waals surface area contributed by atoms with Crippen LogP contribution in [0.1, 0.15) is 24.5 Å². The molecule has 178 valence electrons. The van der Waals surface area contributed by atoms with Gasteiger partial charge >= 0.3 is 6.03 Å². The van der Waals surface area contributed by atoms with E-state index in [0.717, 1.165) is 16.9 Å². The number of halogens is 1. The van der Waals surface area contributed by atoms with Gasteiger partial charge in [0.15, 0.2) is 0 Å². The lowest BCUT2D eigenvalue weighted by atomic mass is 10.1. The zero-order valence-corrected chi connectivity index (χ0v) is 19.7. The summed E-state index contributed by atoms with van der Waals surface area (Å²) in [6.07, 6.45) is 2.30. The second-order valence-corrected chi connectivity index (χ2v) is 8.22. The molecule has 1 aliphatic heterocycles. The van der Waals surface area contributed by atoms with Crippen molar-refractivity contribution in [2.75, 3.05) is 11.5 Å². The van der Waals surface area contributed by atoms with Gasteiger partial charge in [-0.15, -0.1) is 0 Å². The van der Waals surface area contributed by atoms with Crippen molar-refractivity contribution in [2.24, 2.45) is 0 Å². The maximum atomic E-state index is 13.1. The van der Waals surface area contributed by atoms with E-state index in [1.54, 1.807) is 60.7 Å². The topological polar surface area (TPSA) is 84.9 Å². The molecule has 0 aliphatic carbocycles. The van der Waals surface area contributed by atoms with Crippen LogP contribution in [0.25, 0.3) is 6.08 Å². The molecule has 1 heterocycles. The predicted octanol–water partition coefficient (Wildman–Crippen LogP) is 5.37. The van der Waals surface area contributed by atoms with Crippen LogP contribution in [0, 0.1) is 0 Å². The molecular formula is C27H23ClN2O5. The lowest BCUT2D eigenvalue weighted by Gasteiger charge is -2.26. The van der Waals surface area contributed by atoms with E-state index in [2.05, 4.69) is 5.32 Å². The summed E-state index contributed by atoms with van der Waals surface area (Å²) in [5.41, 5.74) is 1.71. The zero-order valence-electron chi connectivity index (χ0n) is 19.0. The Morgan fingerprint density at radius 2 is 1.66 bits per heavy atom. The van der Waals surface area contributed by atoms with Gasteiger partial charge in [-0.3, -0.25) is 14.9 Å². The lowest BCUT2D eigenvalue weighted by Crippen LogP contribution is -2.54. The molecule has 0 spiro atoms. The molecule has 1 fully saturated rings. The molecule has 3 aromatic carbocycles. The molecule has 35 heavy (non-hydrogen) atoms. The van der Waals surface area contributed by atoms with E-state index in [0.29, 0.717) is 41.0 Å². The van der Waals surface area contributed by atoms with Crippen molar-refractivity contribution in [1.29, 1.82) is 0 Å². The molecule has 7 nitrogen and oxygen atoms in total. The Morgan fingerprint density at radius 3 is 2.37 bits per heavy atom. The van der Waals surface area contributed by atoms with E-state index in [-0.39, 0.29) is 5.57 Å². The minimum atomic E-state index is -0.813. The van der Waals surface area contributed by atoms with E-state index in [1.165, 1.54) is 6.08 Å². The number of hydrogen-bond donors (Lipinski definition) is 1. The lowest BCUT2D eigenvalue weighted by molar-refractivity contribution is -0.122. The fraction of sp³-hybridized carbons (Fsp3) is 0.148. The SMILES string of the molecule is CCCOc1cccc(/C=C2/C(=O)NC(=O)N(c3ccc(OCc4ccc(Cl)cc4)cc3)C2=O)c1. The van der Waals surface area contributed by atoms with Gasteiger partial charge < -0.3 is 9.47 Å². The Bertz CT molecular complexity index is 1270. The second-order valence-electron chi connectivity index (χ2n) is 7.79. The Labute approximate surface area is 207 Å². The third-order valence-corrected chi connectivity index (χ3v) is 5.41. The van der Waals surface area contributed by atoms with Gasteiger partial charge in [0.1, 0.15) is 23.7 Å². The highest BCUT2D eigenvalue weighted by Gasteiger charge is 2.36. The molecule has 3 aromatic rings. The summed E-state index contributed by atoms with van der Waals surface area (Å²) in [4.78, 5) is 39.0. The summed E-state index contributed by atoms with van der Waals surface area (Å²) in [5, 5.41) is 2.87. The molecule has 1 aliphatic rings. The molecule has 1 N–H and O–H groups in total. The fourth-order valence-corrected chi connectivity index (χ4v) is 3.54. The minimum Gasteiger partial charge on any atom is -0.494 e. The molecule has 0 radical (unpaired) electrons. The van der Waals surface area contributed by atoms with Gasteiger partial charge in [-0.25, -0.2) is 9.69 Å². The molecule has 0 bridgehead atoms. The van der Waals surface area contributed by atoms with Crippen LogP contribution in [0.4, 0.5) is 10.5 Å². The summed E-state index contributed by atoms with van der Waals surface area (Å²) < 4.78 is 11.4. The maximum Gasteiger partial charge on any atom is 0.335 e. The summed E-state index contributed by atoms with van der Waals surface area (Å²) in [5.74, 6) is -0.274. The van der Waals surface area contributed by atoms with Gasteiger partial charge in [-0.2, -0.15) is 0 Å². The number of carbonyl (C=O) groups is 3. The third kappa shape index (κ3) is 5.88. The molecule has 0 unspecified atom stereocenters. The highest BCUT2D eigenvalue weighted by molar-refractivity contribution is 6.39. The summed E-state index contributed by atoms with van der Waals surface area (Å²) >= 11 is 5.90. The number of barbiturate groups is 1. The van der Waals surface area contributed by atoms with Crippen molar-refractivity contribution in [3.8, 4) is 11.5 Å². The second kappa shape index (κ2) is 10.9. The number of carbonyl (C=O) groups excluding carboxylic acids is 3. The summed E-state index contributed by atoms with van der Waals surface area (Å²) in [7, 11) is 0. The summed E-state index contributed by atoms with van der Waals surface area (Å²) in [6.45, 7) is 2.89. The third-order valence-electron chi connectivity index (χ3n) is 5.16. The van der Waals surface area contributed by atoms with Crippen molar-refractivity contribution < 1.29 is 23.9 Å². The number of rotatable bonds is 8. The maximum absolute atomic E-state index is 13.1. The summed E-state index contributed by atoms with van der Waals surface area (Å²) in [6, 6.07) is 20.0. The number of anilines is 1. The normalized spacial score (nSPS) is 14.7. The van der Waals surface area contributed by atoms with Gasteiger partial charge in [-0.1, -0.05) is 42.8 Å². The van der Waals surface area contributed by atoms with Crippen molar-refractivity contribution in [3.63, 3.8) is 0 Å². The molecule has 0 atom stereocenters. The molecule has 4 rings (SSSR count). The van der Waals surface area contributed by atoms with Crippen LogP contribution >= 0.6 is 11.6 Å². The number of urea groups is 1. The molecular weight excluding hydrogens is 468 g/mol. The van der Waals surface area contributed by atoms with E-state index in [9.17, 15) is 14.4 Å². The van der Waals surface area contributed by atoms with Crippen LogP contribution in [0.15, 0.2) is 78.4 Å². The van der Waals surface area contributed by atoms with Crippen LogP contribution in [0.3, 0.4) is 0 Å². The molecule has 4 amide bonds. The number of hydrogen-bond acceptors (Lipinski definition) is 5. The Morgan fingerprint density at radius 1 is 0.914 bits per heavy atom. The van der Waals surface area contributed by atoms with Crippen LogP contribution in [0.2, 0.25) is 5.02 Å². The highest BCUT2D eigenvalue weighted by Crippen LogP contribution is 2.25. The number of nitrogens with one attached hydrogen (secondary N) is 1. The van der Waals surface area contributed by atoms with Crippen molar-refractivity contribution in [3.05, 3.63) is 94.5 Å². The smallest absolute Gasteiger partial charge is 0.335 e. The van der Waals surface area contributed by atoms with E-state index >= 15 is 0 Å². The average molecular weight is 491 g/mol. The highest BCUT2D eigenvalue weighted by atomic mass is 35.5. The van der Waals surface area contributed by atoms with E-state index in [4.69, 9.17) is 21.1 Å². The average Bonchev–Trinajstić information content (AvgIpc) is 2.86. The molecule has 8 heteroatoms. The monoisotopic (exact) mass is 490 g/mol. The first kappa shape index (κ1) is 24.0. The predicted molar refractivity (Wildman–Crippen MR) is 133 cm³/mol. The molecule has 0 aromatic heterocycles. The van der Waals surface area contributed by atoms with Gasteiger partial charge in [0.25, 0.3) is 11.8 Å². The first-order valence-electron chi connectivity index (χ1n) is 11.1. The van der Waals surface area contributed by atoms with Crippen molar-refractivity contribution >= 4 is 41.2 Å². The number of nitrogens with zero attached hydrogens (tertiary/aromatic N) is 1. The van der Waals surface area contributed by atoms with Crippen LogP contribution in [-0.4, -0.2) is 24.5 Å². The Hall–Kier alpha value is -4.10. The zero-order chi connectivity index (χ0) is 24.8. The van der Waals surface area contributed by atoms with Crippen molar-refractivity contribution in [1.82, 2.24) is 5.32 Å². The van der Waals surface area contributed by atoms with Crippen LogP contribution in [-0.2, 0) is 16.2 Å². The number of imide groups is 2.